The predicted octanol–water partition coefficient (Wildman–Crippen LogP) is 3.99. The van der Waals surface area contributed by atoms with E-state index in [4.69, 9.17) is 4.74 Å². The van der Waals surface area contributed by atoms with Gasteiger partial charge >= 0.3 is 0 Å². The van der Waals surface area contributed by atoms with Gasteiger partial charge in [0, 0.05) is 18.3 Å². The molecular formula is C23H28N2O3. The standard InChI is InChI=1S/C23H28N2O3/c1-16(2)18-10-8-17(9-11-18)14-21(26)25-13-12-23(25,3)22(27)24-19-6-5-7-20(15-19)28-4/h5-11,15-16H,12-14H2,1-4H3,(H,24,27). The highest BCUT2D eigenvalue weighted by atomic mass is 16.5. The van der Waals surface area contributed by atoms with E-state index in [2.05, 4.69) is 31.3 Å². The Labute approximate surface area is 166 Å². The lowest BCUT2D eigenvalue weighted by Crippen LogP contribution is -2.66. The molecule has 2 aromatic rings. The first-order chi connectivity index (χ1) is 13.3. The average molecular weight is 380 g/mol. The van der Waals surface area contributed by atoms with Crippen LogP contribution in [0.5, 0.6) is 5.75 Å². The van der Waals surface area contributed by atoms with Crippen molar-refractivity contribution in [3.05, 3.63) is 59.7 Å². The molecule has 1 N–H and O–H groups in total. The highest BCUT2D eigenvalue weighted by Gasteiger charge is 2.49. The third kappa shape index (κ3) is 4.03. The molecule has 1 saturated heterocycles. The molecule has 1 fully saturated rings. The molecule has 1 heterocycles. The van der Waals surface area contributed by atoms with E-state index in [1.807, 2.05) is 37.3 Å². The third-order valence-corrected chi connectivity index (χ3v) is 5.54. The number of anilines is 1. The number of methoxy groups -OCH3 is 1. The number of nitrogens with one attached hydrogen (secondary N) is 1. The molecule has 1 aliphatic rings. The number of ether oxygens (including phenoxy) is 1. The number of benzene rings is 2. The van der Waals surface area contributed by atoms with Crippen LogP contribution in [-0.4, -0.2) is 35.9 Å². The van der Waals surface area contributed by atoms with Crippen molar-refractivity contribution < 1.29 is 14.3 Å². The SMILES string of the molecule is COc1cccc(NC(=O)C2(C)CCN2C(=O)Cc2ccc(C(C)C)cc2)c1. The number of likely N-dealkylation sites (tertiary alicyclic amines) is 1. The summed E-state index contributed by atoms with van der Waals surface area (Å²) in [6, 6.07) is 15.4. The lowest BCUT2D eigenvalue weighted by Gasteiger charge is -2.49. The quantitative estimate of drug-likeness (QED) is 0.824. The highest BCUT2D eigenvalue weighted by molar-refractivity contribution is 6.01. The number of carbonyl (C=O) groups excluding carboxylic acids is 2. The Morgan fingerprint density at radius 1 is 1.18 bits per heavy atom. The van der Waals surface area contributed by atoms with Crippen LogP contribution in [0.3, 0.4) is 0 Å². The minimum absolute atomic E-state index is 0.0214. The molecule has 2 aromatic carbocycles. The van der Waals surface area contributed by atoms with Gasteiger partial charge in [-0.3, -0.25) is 9.59 Å². The smallest absolute Gasteiger partial charge is 0.250 e. The summed E-state index contributed by atoms with van der Waals surface area (Å²) in [6.07, 6.45) is 0.960. The van der Waals surface area contributed by atoms with Crippen molar-refractivity contribution in [1.82, 2.24) is 4.90 Å². The number of nitrogens with zero attached hydrogens (tertiary/aromatic N) is 1. The second-order valence-corrected chi connectivity index (χ2v) is 7.83. The monoisotopic (exact) mass is 380 g/mol. The van der Waals surface area contributed by atoms with Crippen LogP contribution in [0.4, 0.5) is 5.69 Å². The van der Waals surface area contributed by atoms with Gasteiger partial charge in [-0.15, -0.1) is 0 Å². The van der Waals surface area contributed by atoms with Crippen LogP contribution < -0.4 is 10.1 Å². The van der Waals surface area contributed by atoms with E-state index in [1.165, 1.54) is 5.56 Å². The minimum atomic E-state index is -0.821. The molecular weight excluding hydrogens is 352 g/mol. The van der Waals surface area contributed by atoms with Crippen molar-refractivity contribution in [1.29, 1.82) is 0 Å². The van der Waals surface area contributed by atoms with E-state index in [0.29, 0.717) is 36.7 Å². The Kier molecular flexibility index (Phi) is 5.73. The van der Waals surface area contributed by atoms with Crippen LogP contribution in [0.25, 0.3) is 0 Å². The molecule has 5 heteroatoms. The fraction of sp³-hybridized carbons (Fsp3) is 0.391. The van der Waals surface area contributed by atoms with Gasteiger partial charge in [0.1, 0.15) is 11.3 Å². The summed E-state index contributed by atoms with van der Waals surface area (Å²) in [7, 11) is 1.59. The van der Waals surface area contributed by atoms with Gasteiger partial charge < -0.3 is 15.0 Å². The first-order valence-corrected chi connectivity index (χ1v) is 9.68. The maximum atomic E-state index is 12.9. The Bertz CT molecular complexity index is 860. The molecule has 2 amide bonds. The first kappa shape index (κ1) is 19.9. The zero-order valence-corrected chi connectivity index (χ0v) is 17.0. The summed E-state index contributed by atoms with van der Waals surface area (Å²) >= 11 is 0. The lowest BCUT2D eigenvalue weighted by molar-refractivity contribution is -0.154. The van der Waals surface area contributed by atoms with Gasteiger partial charge in [-0.1, -0.05) is 44.2 Å². The molecule has 0 radical (unpaired) electrons. The Morgan fingerprint density at radius 2 is 1.89 bits per heavy atom. The number of rotatable bonds is 6. The number of hydrogen-bond donors (Lipinski definition) is 1. The zero-order valence-electron chi connectivity index (χ0n) is 17.0. The van der Waals surface area contributed by atoms with Crippen molar-refractivity contribution in [2.75, 3.05) is 19.0 Å². The number of amides is 2. The number of carbonyl (C=O) groups is 2. The predicted molar refractivity (Wildman–Crippen MR) is 111 cm³/mol. The van der Waals surface area contributed by atoms with E-state index in [0.717, 1.165) is 5.56 Å². The van der Waals surface area contributed by atoms with Gasteiger partial charge in [-0.05, 0) is 42.5 Å². The molecule has 28 heavy (non-hydrogen) atoms. The molecule has 0 saturated carbocycles. The largest absolute Gasteiger partial charge is 0.497 e. The van der Waals surface area contributed by atoms with E-state index < -0.39 is 5.54 Å². The normalized spacial score (nSPS) is 18.5. The summed E-state index contributed by atoms with van der Waals surface area (Å²) in [5, 5.41) is 2.91. The van der Waals surface area contributed by atoms with Gasteiger partial charge in [-0.25, -0.2) is 0 Å². The second kappa shape index (κ2) is 8.05. The lowest BCUT2D eigenvalue weighted by atomic mass is 9.84. The van der Waals surface area contributed by atoms with Crippen LogP contribution in [0.2, 0.25) is 0 Å². The van der Waals surface area contributed by atoms with Gasteiger partial charge in [0.05, 0.1) is 13.5 Å². The molecule has 3 rings (SSSR count). The van der Waals surface area contributed by atoms with Crippen LogP contribution >= 0.6 is 0 Å². The minimum Gasteiger partial charge on any atom is -0.497 e. The molecule has 5 nitrogen and oxygen atoms in total. The van der Waals surface area contributed by atoms with Crippen LogP contribution in [0.1, 0.15) is 44.2 Å². The van der Waals surface area contributed by atoms with Crippen LogP contribution in [-0.2, 0) is 16.0 Å². The fourth-order valence-corrected chi connectivity index (χ4v) is 3.45. The Morgan fingerprint density at radius 3 is 2.46 bits per heavy atom. The van der Waals surface area contributed by atoms with Crippen molar-refractivity contribution in [3.8, 4) is 5.75 Å². The van der Waals surface area contributed by atoms with E-state index in [-0.39, 0.29) is 11.8 Å². The van der Waals surface area contributed by atoms with Crippen molar-refractivity contribution in [3.63, 3.8) is 0 Å². The van der Waals surface area contributed by atoms with Crippen LogP contribution in [0.15, 0.2) is 48.5 Å². The number of hydrogen-bond acceptors (Lipinski definition) is 3. The Hall–Kier alpha value is -2.82. The molecule has 1 atom stereocenters. The molecule has 0 spiro atoms. The molecule has 148 valence electrons. The van der Waals surface area contributed by atoms with E-state index in [9.17, 15) is 9.59 Å². The van der Waals surface area contributed by atoms with Crippen molar-refractivity contribution in [2.24, 2.45) is 0 Å². The summed E-state index contributed by atoms with van der Waals surface area (Å²) in [4.78, 5) is 27.3. The van der Waals surface area contributed by atoms with Crippen LogP contribution in [0, 0.1) is 0 Å². The first-order valence-electron chi connectivity index (χ1n) is 9.68. The van der Waals surface area contributed by atoms with Gasteiger partial charge in [0.25, 0.3) is 0 Å². The summed E-state index contributed by atoms with van der Waals surface area (Å²) in [5.41, 5.74) is 2.06. The molecule has 0 aliphatic carbocycles. The topological polar surface area (TPSA) is 58.6 Å². The van der Waals surface area contributed by atoms with Gasteiger partial charge in [-0.2, -0.15) is 0 Å². The average Bonchev–Trinajstić information content (AvgIpc) is 2.66. The maximum Gasteiger partial charge on any atom is 0.250 e. The molecule has 0 bridgehead atoms. The Balaban J connectivity index is 1.65. The highest BCUT2D eigenvalue weighted by Crippen LogP contribution is 2.33. The van der Waals surface area contributed by atoms with E-state index >= 15 is 0 Å². The zero-order chi connectivity index (χ0) is 20.3. The van der Waals surface area contributed by atoms with Gasteiger partial charge in [0.2, 0.25) is 11.8 Å². The third-order valence-electron chi connectivity index (χ3n) is 5.54. The fourth-order valence-electron chi connectivity index (χ4n) is 3.45. The molecule has 1 unspecified atom stereocenters. The second-order valence-electron chi connectivity index (χ2n) is 7.83. The molecule has 1 aliphatic heterocycles. The molecule has 0 aromatic heterocycles. The summed E-state index contributed by atoms with van der Waals surface area (Å²) in [5.74, 6) is 0.945. The van der Waals surface area contributed by atoms with Crippen molar-refractivity contribution in [2.45, 2.75) is 45.1 Å². The van der Waals surface area contributed by atoms with E-state index in [1.54, 1.807) is 18.1 Å². The summed E-state index contributed by atoms with van der Waals surface area (Å²) in [6.45, 7) is 6.72. The maximum absolute atomic E-state index is 12.9. The van der Waals surface area contributed by atoms with Crippen molar-refractivity contribution >= 4 is 17.5 Å². The van der Waals surface area contributed by atoms with Gasteiger partial charge in [0.15, 0.2) is 0 Å². The summed E-state index contributed by atoms with van der Waals surface area (Å²) < 4.78 is 5.20.